The number of hydrogen-bond donors (Lipinski definition) is 2. The molecule has 1 atom stereocenters. The van der Waals surface area contributed by atoms with E-state index < -0.39 is 13.5 Å². The lowest BCUT2D eigenvalue weighted by Crippen LogP contribution is -1.92. The van der Waals surface area contributed by atoms with E-state index in [0.717, 1.165) is 10.8 Å². The van der Waals surface area contributed by atoms with Gasteiger partial charge in [-0.2, -0.15) is 0 Å². The molecular weight excluding hydrogens is 230 g/mol. The average molecular weight is 240 g/mol. The molecule has 0 aliphatic rings. The van der Waals surface area contributed by atoms with Crippen molar-refractivity contribution in [1.82, 2.24) is 0 Å². The van der Waals surface area contributed by atoms with Crippen molar-refractivity contribution in [2.75, 3.05) is 0 Å². The van der Waals surface area contributed by atoms with Crippen molar-refractivity contribution in [1.29, 1.82) is 0 Å². The molecule has 2 aromatic rings. The van der Waals surface area contributed by atoms with Crippen LogP contribution in [-0.4, -0.2) is 9.79 Å². The smallest absolute Gasteiger partial charge is 0.322 e. The maximum Gasteiger partial charge on any atom is 0.363 e. The molecule has 0 aromatic heterocycles. The van der Waals surface area contributed by atoms with Crippen molar-refractivity contribution in [3.8, 4) is 0 Å². The van der Waals surface area contributed by atoms with E-state index in [9.17, 15) is 8.96 Å². The highest BCUT2D eigenvalue weighted by Crippen LogP contribution is 2.52. The molecule has 0 unspecified atom stereocenters. The lowest BCUT2D eigenvalue weighted by Gasteiger charge is -2.10. The largest absolute Gasteiger partial charge is 0.363 e. The molecule has 0 fully saturated rings. The van der Waals surface area contributed by atoms with Gasteiger partial charge in [-0.1, -0.05) is 36.4 Å². The summed E-state index contributed by atoms with van der Waals surface area (Å²) < 4.78 is 24.2. The van der Waals surface area contributed by atoms with Gasteiger partial charge in [0, 0.05) is 0 Å². The van der Waals surface area contributed by atoms with Crippen LogP contribution in [0.25, 0.3) is 10.8 Å². The van der Waals surface area contributed by atoms with Crippen LogP contribution < -0.4 is 0 Å². The Kier molecular flexibility index (Phi) is 2.80. The molecule has 0 bridgehead atoms. The summed E-state index contributed by atoms with van der Waals surface area (Å²) in [5.74, 6) is -2.25. The fraction of sp³-hybridized carbons (Fsp3) is 0.0909. The Bertz CT molecular complexity index is 564. The van der Waals surface area contributed by atoms with Gasteiger partial charge in [-0.15, -0.1) is 0 Å². The standard InChI is InChI=1S/C11H10FO3P/c12-11(16(13,14)15)10-6-5-8-3-1-2-4-9(8)7-10/h1-7,11H,(H2,13,14,15)/t11-/m0/s1. The summed E-state index contributed by atoms with van der Waals surface area (Å²) in [7, 11) is -4.72. The third-order valence-electron chi connectivity index (χ3n) is 2.34. The normalized spacial score (nSPS) is 13.9. The van der Waals surface area contributed by atoms with Gasteiger partial charge in [0.2, 0.25) is 5.91 Å². The van der Waals surface area contributed by atoms with Crippen LogP contribution in [0.1, 0.15) is 11.5 Å². The summed E-state index contributed by atoms with van der Waals surface area (Å²) in [5, 5.41) is 1.67. The Hall–Kier alpha value is -1.22. The topological polar surface area (TPSA) is 57.5 Å². The molecule has 0 saturated carbocycles. The third kappa shape index (κ3) is 2.14. The second-order valence-corrected chi connectivity index (χ2v) is 5.16. The second kappa shape index (κ2) is 3.98. The van der Waals surface area contributed by atoms with Crippen LogP contribution >= 0.6 is 7.60 Å². The molecule has 0 amide bonds. The van der Waals surface area contributed by atoms with Gasteiger partial charge in [0.05, 0.1) is 0 Å². The zero-order chi connectivity index (χ0) is 11.8. The lowest BCUT2D eigenvalue weighted by molar-refractivity contribution is 0.303. The minimum Gasteiger partial charge on any atom is -0.322 e. The Morgan fingerprint density at radius 3 is 2.31 bits per heavy atom. The van der Waals surface area contributed by atoms with E-state index in [-0.39, 0.29) is 5.56 Å². The first-order chi connectivity index (χ1) is 7.48. The molecule has 84 valence electrons. The second-order valence-electron chi connectivity index (χ2n) is 3.53. The van der Waals surface area contributed by atoms with E-state index in [4.69, 9.17) is 9.79 Å². The van der Waals surface area contributed by atoms with E-state index in [1.54, 1.807) is 18.2 Å². The lowest BCUT2D eigenvalue weighted by atomic mass is 10.1. The highest BCUT2D eigenvalue weighted by atomic mass is 31.2. The molecule has 16 heavy (non-hydrogen) atoms. The van der Waals surface area contributed by atoms with Crippen molar-refractivity contribution in [3.63, 3.8) is 0 Å². The summed E-state index contributed by atoms with van der Waals surface area (Å²) >= 11 is 0. The highest BCUT2D eigenvalue weighted by molar-refractivity contribution is 7.51. The Morgan fingerprint density at radius 2 is 1.69 bits per heavy atom. The number of hydrogen-bond acceptors (Lipinski definition) is 1. The maximum atomic E-state index is 13.4. The van der Waals surface area contributed by atoms with Crippen LogP contribution in [0.5, 0.6) is 0 Å². The fourth-order valence-electron chi connectivity index (χ4n) is 1.55. The zero-order valence-corrected chi connectivity index (χ0v) is 9.14. The first kappa shape index (κ1) is 11.3. The maximum absolute atomic E-state index is 13.4. The van der Waals surface area contributed by atoms with Crippen molar-refractivity contribution < 1.29 is 18.7 Å². The van der Waals surface area contributed by atoms with Crippen LogP contribution in [0.15, 0.2) is 42.5 Å². The number of fused-ring (bicyclic) bond motifs is 1. The van der Waals surface area contributed by atoms with Crippen LogP contribution in [0.4, 0.5) is 4.39 Å². The Balaban J connectivity index is 2.51. The van der Waals surface area contributed by atoms with Crippen molar-refractivity contribution in [3.05, 3.63) is 48.0 Å². The number of benzene rings is 2. The molecule has 0 saturated heterocycles. The monoisotopic (exact) mass is 240 g/mol. The first-order valence-electron chi connectivity index (χ1n) is 4.66. The summed E-state index contributed by atoms with van der Waals surface area (Å²) in [6.45, 7) is 0. The quantitative estimate of drug-likeness (QED) is 0.793. The van der Waals surface area contributed by atoms with E-state index in [1.807, 2.05) is 12.1 Å². The van der Waals surface area contributed by atoms with E-state index in [0.29, 0.717) is 0 Å². The van der Waals surface area contributed by atoms with Crippen molar-refractivity contribution >= 4 is 18.4 Å². The molecule has 2 rings (SSSR count). The van der Waals surface area contributed by atoms with Crippen LogP contribution in [0.2, 0.25) is 0 Å². The number of halogens is 1. The number of alkyl halides is 1. The number of rotatable bonds is 2. The molecular formula is C11H10FO3P. The van der Waals surface area contributed by atoms with Gasteiger partial charge >= 0.3 is 7.60 Å². The molecule has 0 aliphatic carbocycles. The van der Waals surface area contributed by atoms with Crippen LogP contribution in [-0.2, 0) is 4.57 Å². The molecule has 2 N–H and O–H groups in total. The molecule has 2 aromatic carbocycles. The van der Waals surface area contributed by atoms with Gasteiger partial charge in [-0.3, -0.25) is 4.57 Å². The van der Waals surface area contributed by atoms with Gasteiger partial charge in [-0.05, 0) is 22.4 Å². The van der Waals surface area contributed by atoms with Crippen LogP contribution in [0.3, 0.4) is 0 Å². The summed E-state index contributed by atoms with van der Waals surface area (Å²) in [6.07, 6.45) is 0. The Labute approximate surface area is 91.7 Å². The van der Waals surface area contributed by atoms with E-state index in [1.165, 1.54) is 12.1 Å². The molecule has 0 aliphatic heterocycles. The molecule has 0 heterocycles. The summed E-state index contributed by atoms with van der Waals surface area (Å²) in [4.78, 5) is 17.5. The average Bonchev–Trinajstić information content (AvgIpc) is 2.26. The minimum absolute atomic E-state index is 0.00651. The first-order valence-corrected chi connectivity index (χ1v) is 6.34. The highest BCUT2D eigenvalue weighted by Gasteiger charge is 2.30. The fourth-order valence-corrected chi connectivity index (χ4v) is 2.10. The molecule has 3 nitrogen and oxygen atoms in total. The van der Waals surface area contributed by atoms with Gasteiger partial charge in [0.15, 0.2) is 0 Å². The molecule has 0 spiro atoms. The van der Waals surface area contributed by atoms with Crippen molar-refractivity contribution in [2.45, 2.75) is 5.91 Å². The SMILES string of the molecule is O=P(O)(O)[C@H](F)c1ccc2ccccc2c1. The van der Waals surface area contributed by atoms with Gasteiger partial charge in [0.25, 0.3) is 0 Å². The van der Waals surface area contributed by atoms with Crippen molar-refractivity contribution in [2.24, 2.45) is 0 Å². The summed E-state index contributed by atoms with van der Waals surface area (Å²) in [5.41, 5.74) is 0.00651. The zero-order valence-electron chi connectivity index (χ0n) is 8.25. The molecule has 5 heteroatoms. The van der Waals surface area contributed by atoms with Gasteiger partial charge < -0.3 is 9.79 Å². The van der Waals surface area contributed by atoms with Gasteiger partial charge in [0.1, 0.15) is 0 Å². The minimum atomic E-state index is -4.72. The third-order valence-corrected chi connectivity index (χ3v) is 3.23. The van der Waals surface area contributed by atoms with E-state index in [2.05, 4.69) is 0 Å². The van der Waals surface area contributed by atoms with Gasteiger partial charge in [-0.25, -0.2) is 4.39 Å². The van der Waals surface area contributed by atoms with Crippen LogP contribution in [0, 0.1) is 0 Å². The Morgan fingerprint density at radius 1 is 1.06 bits per heavy atom. The predicted octanol–water partition coefficient (Wildman–Crippen LogP) is 2.99. The molecule has 0 radical (unpaired) electrons. The van der Waals surface area contributed by atoms with E-state index >= 15 is 0 Å². The summed E-state index contributed by atoms with van der Waals surface area (Å²) in [6, 6.07) is 11.8. The predicted molar refractivity (Wildman–Crippen MR) is 59.8 cm³/mol.